The predicted octanol–water partition coefficient (Wildman–Crippen LogP) is 3.72. The average Bonchev–Trinajstić information content (AvgIpc) is 3.30. The van der Waals surface area contributed by atoms with Crippen molar-refractivity contribution in [1.82, 2.24) is 9.88 Å². The summed E-state index contributed by atoms with van der Waals surface area (Å²) in [5.41, 5.74) is 1.07. The third-order valence-electron chi connectivity index (χ3n) is 6.00. The summed E-state index contributed by atoms with van der Waals surface area (Å²) in [6.07, 6.45) is 8.53. The Morgan fingerprint density at radius 3 is 2.59 bits per heavy atom. The zero-order valence-electron chi connectivity index (χ0n) is 13.3. The molecule has 3 aliphatic rings. The number of fused-ring (bicyclic) bond motifs is 2. The van der Waals surface area contributed by atoms with E-state index in [4.69, 9.17) is 16.3 Å². The number of pyridine rings is 1. The molecule has 0 aromatic carbocycles. The summed E-state index contributed by atoms with van der Waals surface area (Å²) in [6, 6.07) is 4.13. The van der Waals surface area contributed by atoms with Crippen molar-refractivity contribution >= 4 is 11.6 Å². The number of hydrogen-bond donors (Lipinski definition) is 0. The quantitative estimate of drug-likeness (QED) is 0.791. The Labute approximate surface area is 138 Å². The number of rotatable bonds is 4. The van der Waals surface area contributed by atoms with Crippen LogP contribution in [0.15, 0.2) is 18.3 Å². The SMILES string of the molecule is COC1(c2ccnc(Cl)c2)C2CCCC1CN(CC1CC1)C2. The van der Waals surface area contributed by atoms with Gasteiger partial charge in [0, 0.05) is 44.8 Å². The Balaban J connectivity index is 1.66. The average molecular weight is 321 g/mol. The molecule has 1 saturated heterocycles. The molecule has 0 N–H and O–H groups in total. The number of ether oxygens (including phenoxy) is 1. The van der Waals surface area contributed by atoms with Crippen LogP contribution in [0.25, 0.3) is 0 Å². The number of likely N-dealkylation sites (tertiary alicyclic amines) is 1. The summed E-state index contributed by atoms with van der Waals surface area (Å²) in [4.78, 5) is 6.86. The lowest BCUT2D eigenvalue weighted by Crippen LogP contribution is -2.59. The van der Waals surface area contributed by atoms with Crippen LogP contribution in [0.3, 0.4) is 0 Å². The van der Waals surface area contributed by atoms with Crippen molar-refractivity contribution in [2.75, 3.05) is 26.7 Å². The Morgan fingerprint density at radius 2 is 2.00 bits per heavy atom. The molecule has 4 rings (SSSR count). The minimum absolute atomic E-state index is 0.162. The van der Waals surface area contributed by atoms with E-state index in [9.17, 15) is 0 Å². The molecule has 2 aliphatic carbocycles. The molecular weight excluding hydrogens is 296 g/mol. The number of methoxy groups -OCH3 is 1. The lowest BCUT2D eigenvalue weighted by atomic mass is 9.62. The first-order valence-electron chi connectivity index (χ1n) is 8.62. The molecule has 1 aromatic heterocycles. The van der Waals surface area contributed by atoms with Crippen molar-refractivity contribution < 1.29 is 4.74 Å². The lowest BCUT2D eigenvalue weighted by Gasteiger charge is -2.55. The van der Waals surface area contributed by atoms with Crippen LogP contribution in [0.5, 0.6) is 0 Å². The number of hydrogen-bond acceptors (Lipinski definition) is 3. The Morgan fingerprint density at radius 1 is 1.27 bits per heavy atom. The van der Waals surface area contributed by atoms with Gasteiger partial charge in [0.1, 0.15) is 10.8 Å². The first-order valence-corrected chi connectivity index (χ1v) is 8.99. The lowest BCUT2D eigenvalue weighted by molar-refractivity contribution is -0.169. The highest BCUT2D eigenvalue weighted by Crippen LogP contribution is 2.52. The number of halogens is 1. The van der Waals surface area contributed by atoms with Crippen LogP contribution >= 0.6 is 11.6 Å². The van der Waals surface area contributed by atoms with Gasteiger partial charge in [-0.05, 0) is 49.3 Å². The topological polar surface area (TPSA) is 25.4 Å². The van der Waals surface area contributed by atoms with Crippen LogP contribution in [0.4, 0.5) is 0 Å². The monoisotopic (exact) mass is 320 g/mol. The molecule has 2 saturated carbocycles. The highest BCUT2D eigenvalue weighted by Gasteiger charge is 2.53. The molecule has 2 atom stereocenters. The number of aromatic nitrogens is 1. The van der Waals surface area contributed by atoms with Crippen molar-refractivity contribution in [3.05, 3.63) is 29.0 Å². The molecule has 4 heteroatoms. The molecular formula is C18H25ClN2O. The normalized spacial score (nSPS) is 35.5. The van der Waals surface area contributed by atoms with Gasteiger partial charge in [0.25, 0.3) is 0 Å². The Bertz CT molecular complexity index is 532. The smallest absolute Gasteiger partial charge is 0.129 e. The summed E-state index contributed by atoms with van der Waals surface area (Å²) < 4.78 is 6.24. The predicted molar refractivity (Wildman–Crippen MR) is 87.9 cm³/mol. The fourth-order valence-corrected chi connectivity index (χ4v) is 5.08. The van der Waals surface area contributed by atoms with Crippen LogP contribution in [0, 0.1) is 17.8 Å². The maximum absolute atomic E-state index is 6.24. The summed E-state index contributed by atoms with van der Waals surface area (Å²) in [6.45, 7) is 3.63. The second kappa shape index (κ2) is 5.77. The van der Waals surface area contributed by atoms with Crippen molar-refractivity contribution in [2.45, 2.75) is 37.7 Å². The summed E-state index contributed by atoms with van der Waals surface area (Å²) in [5.74, 6) is 2.11. The third-order valence-corrected chi connectivity index (χ3v) is 6.21. The zero-order valence-corrected chi connectivity index (χ0v) is 14.1. The van der Waals surface area contributed by atoms with Gasteiger partial charge < -0.3 is 9.64 Å². The van der Waals surface area contributed by atoms with Gasteiger partial charge in [-0.15, -0.1) is 0 Å². The van der Waals surface area contributed by atoms with Crippen molar-refractivity contribution in [3.63, 3.8) is 0 Å². The van der Waals surface area contributed by atoms with Gasteiger partial charge in [0.2, 0.25) is 0 Å². The molecule has 1 aliphatic heterocycles. The first kappa shape index (κ1) is 14.9. The maximum Gasteiger partial charge on any atom is 0.129 e. The fourth-order valence-electron chi connectivity index (χ4n) is 4.91. The molecule has 22 heavy (non-hydrogen) atoms. The molecule has 2 heterocycles. The van der Waals surface area contributed by atoms with Gasteiger partial charge in [-0.1, -0.05) is 18.0 Å². The van der Waals surface area contributed by atoms with E-state index in [2.05, 4.69) is 16.0 Å². The third kappa shape index (κ3) is 2.47. The van der Waals surface area contributed by atoms with E-state index in [0.29, 0.717) is 17.0 Å². The second-order valence-electron chi connectivity index (χ2n) is 7.35. The van der Waals surface area contributed by atoms with E-state index in [-0.39, 0.29) is 5.60 Å². The molecule has 2 bridgehead atoms. The number of piperidine rings is 1. The minimum Gasteiger partial charge on any atom is -0.373 e. The van der Waals surface area contributed by atoms with Crippen molar-refractivity contribution in [1.29, 1.82) is 0 Å². The van der Waals surface area contributed by atoms with E-state index in [1.165, 1.54) is 57.3 Å². The van der Waals surface area contributed by atoms with Crippen LogP contribution in [-0.4, -0.2) is 36.6 Å². The molecule has 0 radical (unpaired) electrons. The maximum atomic E-state index is 6.24. The minimum atomic E-state index is -0.162. The number of nitrogens with zero attached hydrogens (tertiary/aromatic N) is 2. The van der Waals surface area contributed by atoms with Crippen LogP contribution in [0.2, 0.25) is 5.15 Å². The Kier molecular flexibility index (Phi) is 3.91. The van der Waals surface area contributed by atoms with Gasteiger partial charge in [-0.2, -0.15) is 0 Å². The molecule has 0 spiro atoms. The standard InChI is InChI=1S/C18H25ClN2O/c1-22-18(14-7-8-20-17(19)9-14)15-3-2-4-16(18)12-21(11-15)10-13-5-6-13/h7-9,13,15-16H,2-6,10-12H2,1H3. The van der Waals surface area contributed by atoms with Gasteiger partial charge >= 0.3 is 0 Å². The molecule has 3 fully saturated rings. The molecule has 1 aromatic rings. The largest absolute Gasteiger partial charge is 0.373 e. The van der Waals surface area contributed by atoms with Gasteiger partial charge in [0.15, 0.2) is 0 Å². The second-order valence-corrected chi connectivity index (χ2v) is 7.74. The van der Waals surface area contributed by atoms with Gasteiger partial charge in [-0.3, -0.25) is 0 Å². The van der Waals surface area contributed by atoms with E-state index >= 15 is 0 Å². The van der Waals surface area contributed by atoms with E-state index in [0.717, 1.165) is 5.92 Å². The summed E-state index contributed by atoms with van der Waals surface area (Å²) in [5, 5.41) is 0.576. The summed E-state index contributed by atoms with van der Waals surface area (Å²) >= 11 is 6.17. The zero-order chi connectivity index (χ0) is 15.2. The Hall–Kier alpha value is -0.640. The highest BCUT2D eigenvalue weighted by atomic mass is 35.5. The summed E-state index contributed by atoms with van der Waals surface area (Å²) in [7, 11) is 1.89. The van der Waals surface area contributed by atoms with Gasteiger partial charge in [-0.25, -0.2) is 4.98 Å². The first-order chi connectivity index (χ1) is 10.7. The molecule has 120 valence electrons. The van der Waals surface area contributed by atoms with Gasteiger partial charge in [0.05, 0.1) is 0 Å². The van der Waals surface area contributed by atoms with Crippen LogP contribution < -0.4 is 0 Å². The highest BCUT2D eigenvalue weighted by molar-refractivity contribution is 6.29. The molecule has 3 nitrogen and oxygen atoms in total. The van der Waals surface area contributed by atoms with Crippen LogP contribution in [0.1, 0.15) is 37.7 Å². The molecule has 0 amide bonds. The van der Waals surface area contributed by atoms with E-state index < -0.39 is 0 Å². The van der Waals surface area contributed by atoms with Crippen LogP contribution in [-0.2, 0) is 10.3 Å². The van der Waals surface area contributed by atoms with E-state index in [1.807, 2.05) is 19.4 Å². The molecule has 2 unspecified atom stereocenters. The van der Waals surface area contributed by atoms with E-state index in [1.54, 1.807) is 0 Å². The van der Waals surface area contributed by atoms with Crippen molar-refractivity contribution in [2.24, 2.45) is 17.8 Å². The van der Waals surface area contributed by atoms with Crippen molar-refractivity contribution in [3.8, 4) is 0 Å². The fraction of sp³-hybridized carbons (Fsp3) is 0.722.